The molecule has 0 saturated carbocycles. The second kappa shape index (κ2) is 4.23. The van der Waals surface area contributed by atoms with Crippen LogP contribution in [-0.2, 0) is 13.0 Å². The number of nitrogens with zero attached hydrogens (tertiary/aromatic N) is 2. The molecule has 0 spiro atoms. The molecule has 17 heavy (non-hydrogen) atoms. The van der Waals surface area contributed by atoms with Crippen molar-refractivity contribution in [1.29, 1.82) is 0 Å². The maximum atomic E-state index is 12.3. The topological polar surface area (TPSA) is 33.2 Å². The van der Waals surface area contributed by atoms with Crippen LogP contribution in [0.25, 0.3) is 0 Å². The first-order chi connectivity index (χ1) is 8.25. The summed E-state index contributed by atoms with van der Waals surface area (Å²) in [5.74, 6) is 0.163. The molecule has 0 atom stereocenters. The van der Waals surface area contributed by atoms with Gasteiger partial charge in [0.05, 0.1) is 22.6 Å². The summed E-state index contributed by atoms with van der Waals surface area (Å²) in [6, 6.07) is 2.00. The highest BCUT2D eigenvalue weighted by Gasteiger charge is 2.24. The van der Waals surface area contributed by atoms with E-state index in [0.29, 0.717) is 0 Å². The van der Waals surface area contributed by atoms with E-state index in [1.807, 2.05) is 28.8 Å². The van der Waals surface area contributed by atoms with Crippen LogP contribution in [0.15, 0.2) is 17.0 Å². The van der Waals surface area contributed by atoms with Crippen molar-refractivity contribution in [3.05, 3.63) is 38.0 Å². The summed E-state index contributed by atoms with van der Waals surface area (Å²) >= 11 is 3.18. The third-order valence-electron chi connectivity index (χ3n) is 3.02. The van der Waals surface area contributed by atoms with E-state index >= 15 is 0 Å². The lowest BCUT2D eigenvalue weighted by Crippen LogP contribution is -2.35. The Balaban J connectivity index is 1.84. The monoisotopic (exact) mass is 264 g/mol. The minimum Gasteiger partial charge on any atom is -0.332 e. The fraction of sp³-hybridized carbons (Fsp3) is 0.333. The van der Waals surface area contributed by atoms with Gasteiger partial charge in [-0.3, -0.25) is 4.79 Å². The number of aryl methyl sites for hydroxylation is 1. The maximum Gasteiger partial charge on any atom is 0.264 e. The Labute approximate surface area is 108 Å². The first-order valence-electron chi connectivity index (χ1n) is 5.50. The van der Waals surface area contributed by atoms with Gasteiger partial charge in [-0.25, -0.2) is 4.98 Å². The zero-order valence-corrected chi connectivity index (χ0v) is 11.1. The van der Waals surface area contributed by atoms with E-state index < -0.39 is 0 Å². The van der Waals surface area contributed by atoms with Crippen molar-refractivity contribution in [1.82, 2.24) is 9.88 Å². The van der Waals surface area contributed by atoms with E-state index in [-0.39, 0.29) is 5.91 Å². The van der Waals surface area contributed by atoms with Crippen molar-refractivity contribution in [2.24, 2.45) is 0 Å². The third kappa shape index (κ3) is 1.89. The zero-order valence-electron chi connectivity index (χ0n) is 9.47. The van der Waals surface area contributed by atoms with Gasteiger partial charge in [-0.05, 0) is 23.9 Å². The molecular weight excluding hydrogens is 252 g/mol. The number of thiazole rings is 1. The van der Waals surface area contributed by atoms with Gasteiger partial charge in [0.1, 0.15) is 0 Å². The number of carbonyl (C=O) groups is 1. The van der Waals surface area contributed by atoms with Crippen LogP contribution in [0.4, 0.5) is 0 Å². The van der Waals surface area contributed by atoms with Gasteiger partial charge in [0, 0.05) is 17.8 Å². The maximum absolute atomic E-state index is 12.3. The van der Waals surface area contributed by atoms with Crippen LogP contribution in [-0.4, -0.2) is 22.3 Å². The molecule has 1 aliphatic heterocycles. The fourth-order valence-electron chi connectivity index (χ4n) is 2.03. The molecule has 1 aliphatic rings. The number of thiophene rings is 1. The van der Waals surface area contributed by atoms with E-state index in [1.54, 1.807) is 11.3 Å². The minimum atomic E-state index is 0.163. The average molecular weight is 264 g/mol. The number of fused-ring (bicyclic) bond motifs is 1. The molecule has 5 heteroatoms. The van der Waals surface area contributed by atoms with E-state index in [4.69, 9.17) is 0 Å². The van der Waals surface area contributed by atoms with Crippen molar-refractivity contribution in [2.75, 3.05) is 6.54 Å². The molecule has 3 rings (SSSR count). The largest absolute Gasteiger partial charge is 0.332 e. The van der Waals surface area contributed by atoms with Gasteiger partial charge in [0.25, 0.3) is 5.91 Å². The standard InChI is InChI=1S/C12H12N2OS2/c1-8-3-5-16-11(8)12(15)14-4-2-9-10(6-14)17-7-13-9/h3,5,7H,2,4,6H2,1H3. The SMILES string of the molecule is Cc1ccsc1C(=O)N1CCc2ncsc2C1. The minimum absolute atomic E-state index is 0.163. The highest BCUT2D eigenvalue weighted by Crippen LogP contribution is 2.25. The summed E-state index contributed by atoms with van der Waals surface area (Å²) in [7, 11) is 0. The van der Waals surface area contributed by atoms with Gasteiger partial charge in [0.2, 0.25) is 0 Å². The summed E-state index contributed by atoms with van der Waals surface area (Å²) in [6.45, 7) is 3.49. The summed E-state index contributed by atoms with van der Waals surface area (Å²) < 4.78 is 0. The predicted molar refractivity (Wildman–Crippen MR) is 69.6 cm³/mol. The molecule has 0 N–H and O–H groups in total. The van der Waals surface area contributed by atoms with Crippen LogP contribution in [0.5, 0.6) is 0 Å². The Kier molecular flexibility index (Phi) is 2.72. The van der Waals surface area contributed by atoms with Crippen LogP contribution in [0.3, 0.4) is 0 Å². The second-order valence-corrected chi connectivity index (χ2v) is 5.99. The Morgan fingerprint density at radius 3 is 3.12 bits per heavy atom. The molecule has 0 aromatic carbocycles. The molecule has 0 aliphatic carbocycles. The van der Waals surface area contributed by atoms with E-state index in [1.165, 1.54) is 21.9 Å². The molecular formula is C12H12N2OS2. The molecule has 1 amide bonds. The summed E-state index contributed by atoms with van der Waals surface area (Å²) in [6.07, 6.45) is 0.884. The van der Waals surface area contributed by atoms with E-state index in [2.05, 4.69) is 4.98 Å². The van der Waals surface area contributed by atoms with Crippen molar-refractivity contribution < 1.29 is 4.79 Å². The van der Waals surface area contributed by atoms with E-state index in [0.717, 1.165) is 30.0 Å². The average Bonchev–Trinajstić information content (AvgIpc) is 2.95. The summed E-state index contributed by atoms with van der Waals surface area (Å²) in [5.41, 5.74) is 4.12. The van der Waals surface area contributed by atoms with Crippen molar-refractivity contribution in [2.45, 2.75) is 19.9 Å². The number of aromatic nitrogens is 1. The lowest BCUT2D eigenvalue weighted by atomic mass is 10.1. The number of hydrogen-bond donors (Lipinski definition) is 0. The molecule has 2 aromatic rings. The summed E-state index contributed by atoms with van der Waals surface area (Å²) in [5, 5.41) is 1.98. The van der Waals surface area contributed by atoms with Crippen molar-refractivity contribution >= 4 is 28.6 Å². The molecule has 0 bridgehead atoms. The molecule has 3 nitrogen and oxygen atoms in total. The number of amides is 1. The Morgan fingerprint density at radius 2 is 2.35 bits per heavy atom. The zero-order chi connectivity index (χ0) is 11.8. The molecule has 2 aromatic heterocycles. The molecule has 88 valence electrons. The van der Waals surface area contributed by atoms with Crippen LogP contribution in [0, 0.1) is 6.92 Å². The fourth-order valence-corrected chi connectivity index (χ4v) is 3.75. The van der Waals surface area contributed by atoms with Crippen LogP contribution < -0.4 is 0 Å². The smallest absolute Gasteiger partial charge is 0.264 e. The normalized spacial score (nSPS) is 14.8. The van der Waals surface area contributed by atoms with Gasteiger partial charge in [-0.15, -0.1) is 22.7 Å². The Hall–Kier alpha value is -1.20. The predicted octanol–water partition coefficient (Wildman–Crippen LogP) is 2.71. The van der Waals surface area contributed by atoms with E-state index in [9.17, 15) is 4.79 Å². The van der Waals surface area contributed by atoms with Gasteiger partial charge in [-0.1, -0.05) is 0 Å². The number of rotatable bonds is 1. The lowest BCUT2D eigenvalue weighted by Gasteiger charge is -2.25. The summed E-state index contributed by atoms with van der Waals surface area (Å²) in [4.78, 5) is 20.7. The van der Waals surface area contributed by atoms with Gasteiger partial charge in [0.15, 0.2) is 0 Å². The van der Waals surface area contributed by atoms with Crippen molar-refractivity contribution in [3.63, 3.8) is 0 Å². The Bertz CT molecular complexity index is 558. The van der Waals surface area contributed by atoms with Crippen LogP contribution in [0.2, 0.25) is 0 Å². The third-order valence-corrected chi connectivity index (χ3v) is 4.89. The highest BCUT2D eigenvalue weighted by molar-refractivity contribution is 7.12. The lowest BCUT2D eigenvalue weighted by molar-refractivity contribution is 0.0740. The quantitative estimate of drug-likeness (QED) is 0.793. The first kappa shape index (κ1) is 10.9. The molecule has 0 saturated heterocycles. The number of hydrogen-bond acceptors (Lipinski definition) is 4. The van der Waals surface area contributed by atoms with Gasteiger partial charge >= 0.3 is 0 Å². The molecule has 0 radical (unpaired) electrons. The van der Waals surface area contributed by atoms with Gasteiger partial charge in [-0.2, -0.15) is 0 Å². The second-order valence-electron chi connectivity index (χ2n) is 4.13. The van der Waals surface area contributed by atoms with Crippen molar-refractivity contribution in [3.8, 4) is 0 Å². The Morgan fingerprint density at radius 1 is 1.47 bits per heavy atom. The first-order valence-corrected chi connectivity index (χ1v) is 7.26. The highest BCUT2D eigenvalue weighted by atomic mass is 32.1. The van der Waals surface area contributed by atoms with Crippen LogP contribution >= 0.6 is 22.7 Å². The van der Waals surface area contributed by atoms with Gasteiger partial charge < -0.3 is 4.90 Å². The number of carbonyl (C=O) groups excluding carboxylic acids is 1. The van der Waals surface area contributed by atoms with Crippen LogP contribution in [0.1, 0.15) is 25.8 Å². The molecule has 0 unspecified atom stereocenters. The molecule has 0 fully saturated rings. The molecule has 3 heterocycles.